The lowest BCUT2D eigenvalue weighted by Gasteiger charge is -2.38. The van der Waals surface area contributed by atoms with E-state index in [1.54, 1.807) is 0 Å². The van der Waals surface area contributed by atoms with E-state index in [0.717, 1.165) is 23.3 Å². The van der Waals surface area contributed by atoms with Crippen LogP contribution in [0.5, 0.6) is 5.75 Å². The SMILES string of the molecule is CC1(C)NCCN(CCOc2cccc(Br)c2)C1=O. The van der Waals surface area contributed by atoms with Crippen molar-refractivity contribution in [1.29, 1.82) is 0 Å². The van der Waals surface area contributed by atoms with Crippen LogP contribution in [0.3, 0.4) is 0 Å². The molecule has 0 unspecified atom stereocenters. The Bertz CT molecular complexity index is 463. The van der Waals surface area contributed by atoms with Crippen molar-refractivity contribution in [3.8, 4) is 5.75 Å². The van der Waals surface area contributed by atoms with Crippen LogP contribution in [0.4, 0.5) is 0 Å². The van der Waals surface area contributed by atoms with Crippen LogP contribution in [0.2, 0.25) is 0 Å². The number of rotatable bonds is 4. The summed E-state index contributed by atoms with van der Waals surface area (Å²) in [6.07, 6.45) is 0. The Morgan fingerprint density at radius 3 is 3.00 bits per heavy atom. The van der Waals surface area contributed by atoms with Gasteiger partial charge in [-0.3, -0.25) is 4.79 Å². The number of piperazine rings is 1. The van der Waals surface area contributed by atoms with Crippen molar-refractivity contribution in [2.45, 2.75) is 19.4 Å². The van der Waals surface area contributed by atoms with Crippen LogP contribution in [0.1, 0.15) is 13.8 Å². The quantitative estimate of drug-likeness (QED) is 0.920. The summed E-state index contributed by atoms with van der Waals surface area (Å²) in [5.41, 5.74) is -0.464. The Hall–Kier alpha value is -1.07. The van der Waals surface area contributed by atoms with Gasteiger partial charge in [0.05, 0.1) is 12.1 Å². The van der Waals surface area contributed by atoms with Gasteiger partial charge < -0.3 is 15.0 Å². The zero-order valence-corrected chi connectivity index (χ0v) is 12.9. The average molecular weight is 327 g/mol. The molecule has 1 heterocycles. The summed E-state index contributed by atoms with van der Waals surface area (Å²) in [4.78, 5) is 14.0. The van der Waals surface area contributed by atoms with Crippen molar-refractivity contribution >= 4 is 21.8 Å². The number of amides is 1. The molecule has 1 N–H and O–H groups in total. The molecule has 0 saturated carbocycles. The molecule has 1 aromatic carbocycles. The van der Waals surface area contributed by atoms with Crippen molar-refractivity contribution in [2.24, 2.45) is 0 Å². The number of carbonyl (C=O) groups excluding carboxylic acids is 1. The highest BCUT2D eigenvalue weighted by atomic mass is 79.9. The summed E-state index contributed by atoms with van der Waals surface area (Å²) < 4.78 is 6.65. The first kappa shape index (κ1) is 14.3. The molecule has 1 amide bonds. The van der Waals surface area contributed by atoms with Gasteiger partial charge in [-0.05, 0) is 32.0 Å². The Morgan fingerprint density at radius 1 is 1.47 bits per heavy atom. The molecule has 1 fully saturated rings. The van der Waals surface area contributed by atoms with Gasteiger partial charge in [-0.1, -0.05) is 22.0 Å². The van der Waals surface area contributed by atoms with Gasteiger partial charge in [0.2, 0.25) is 5.91 Å². The number of hydrogen-bond acceptors (Lipinski definition) is 3. The molecule has 4 nitrogen and oxygen atoms in total. The molecule has 0 bridgehead atoms. The summed E-state index contributed by atoms with van der Waals surface area (Å²) in [6.45, 7) is 6.53. The van der Waals surface area contributed by atoms with Crippen LogP contribution >= 0.6 is 15.9 Å². The van der Waals surface area contributed by atoms with Crippen molar-refractivity contribution in [1.82, 2.24) is 10.2 Å². The Morgan fingerprint density at radius 2 is 2.26 bits per heavy atom. The van der Waals surface area contributed by atoms with E-state index in [2.05, 4.69) is 21.2 Å². The number of benzene rings is 1. The molecule has 104 valence electrons. The lowest BCUT2D eigenvalue weighted by Crippen LogP contribution is -2.61. The maximum absolute atomic E-state index is 12.1. The van der Waals surface area contributed by atoms with Gasteiger partial charge in [-0.15, -0.1) is 0 Å². The second-order valence-electron chi connectivity index (χ2n) is 5.15. The second-order valence-corrected chi connectivity index (χ2v) is 6.07. The summed E-state index contributed by atoms with van der Waals surface area (Å²) in [6, 6.07) is 7.71. The molecule has 2 rings (SSSR count). The van der Waals surface area contributed by atoms with Gasteiger partial charge in [0.1, 0.15) is 12.4 Å². The van der Waals surface area contributed by atoms with Gasteiger partial charge in [0.25, 0.3) is 0 Å². The van der Waals surface area contributed by atoms with Crippen LogP contribution in [0.25, 0.3) is 0 Å². The van der Waals surface area contributed by atoms with Crippen molar-refractivity contribution in [3.63, 3.8) is 0 Å². The summed E-state index contributed by atoms with van der Waals surface area (Å²) in [5.74, 6) is 0.952. The number of nitrogens with one attached hydrogen (secondary N) is 1. The smallest absolute Gasteiger partial charge is 0.242 e. The molecule has 0 atom stereocenters. The van der Waals surface area contributed by atoms with E-state index in [9.17, 15) is 4.79 Å². The third-order valence-corrected chi connectivity index (χ3v) is 3.69. The van der Waals surface area contributed by atoms with Crippen LogP contribution in [0.15, 0.2) is 28.7 Å². The number of ether oxygens (including phenoxy) is 1. The van der Waals surface area contributed by atoms with Gasteiger partial charge in [0, 0.05) is 17.6 Å². The Kier molecular flexibility index (Phi) is 4.47. The van der Waals surface area contributed by atoms with Gasteiger partial charge in [-0.25, -0.2) is 0 Å². The normalized spacial score (nSPS) is 18.5. The molecule has 5 heteroatoms. The average Bonchev–Trinajstić information content (AvgIpc) is 2.35. The number of halogens is 1. The fourth-order valence-corrected chi connectivity index (χ4v) is 2.50. The lowest BCUT2D eigenvalue weighted by atomic mass is 10.0. The third kappa shape index (κ3) is 3.70. The molecular weight excluding hydrogens is 308 g/mol. The number of nitrogens with zero attached hydrogens (tertiary/aromatic N) is 1. The fraction of sp³-hybridized carbons (Fsp3) is 0.500. The van der Waals surface area contributed by atoms with E-state index in [-0.39, 0.29) is 5.91 Å². The van der Waals surface area contributed by atoms with Crippen LogP contribution in [-0.4, -0.2) is 42.6 Å². The molecule has 0 aromatic heterocycles. The molecular formula is C14H19BrN2O2. The largest absolute Gasteiger partial charge is 0.492 e. The minimum atomic E-state index is -0.464. The molecule has 1 aliphatic heterocycles. The van der Waals surface area contributed by atoms with E-state index in [1.165, 1.54) is 0 Å². The van der Waals surface area contributed by atoms with E-state index in [1.807, 2.05) is 43.0 Å². The molecule has 1 saturated heterocycles. The Labute approximate surface area is 122 Å². The lowest BCUT2D eigenvalue weighted by molar-refractivity contribution is -0.140. The summed E-state index contributed by atoms with van der Waals surface area (Å²) in [7, 11) is 0. The first-order valence-corrected chi connectivity index (χ1v) is 7.21. The van der Waals surface area contributed by atoms with E-state index in [4.69, 9.17) is 4.74 Å². The molecule has 0 aliphatic carbocycles. The van der Waals surface area contributed by atoms with Gasteiger partial charge in [-0.2, -0.15) is 0 Å². The molecule has 0 spiro atoms. The standard InChI is InChI=1S/C14H19BrN2O2/c1-14(2)13(18)17(7-6-16-14)8-9-19-12-5-3-4-11(15)10-12/h3-5,10,16H,6-9H2,1-2H3. The third-order valence-electron chi connectivity index (χ3n) is 3.20. The highest BCUT2D eigenvalue weighted by molar-refractivity contribution is 9.10. The zero-order valence-electron chi connectivity index (χ0n) is 11.3. The highest BCUT2D eigenvalue weighted by Crippen LogP contribution is 2.18. The Balaban J connectivity index is 1.84. The number of carbonyl (C=O) groups is 1. The topological polar surface area (TPSA) is 41.6 Å². The molecule has 0 radical (unpaired) electrons. The highest BCUT2D eigenvalue weighted by Gasteiger charge is 2.34. The predicted octanol–water partition coefficient (Wildman–Crippen LogP) is 2.04. The van der Waals surface area contributed by atoms with Crippen molar-refractivity contribution in [2.75, 3.05) is 26.2 Å². The first-order valence-electron chi connectivity index (χ1n) is 6.42. The summed E-state index contributed by atoms with van der Waals surface area (Å²) >= 11 is 3.40. The van der Waals surface area contributed by atoms with Crippen molar-refractivity contribution in [3.05, 3.63) is 28.7 Å². The molecule has 19 heavy (non-hydrogen) atoms. The first-order chi connectivity index (χ1) is 8.99. The molecule has 1 aliphatic rings. The summed E-state index contributed by atoms with van der Waals surface area (Å²) in [5, 5.41) is 3.22. The van der Waals surface area contributed by atoms with E-state index in [0.29, 0.717) is 13.2 Å². The maximum Gasteiger partial charge on any atom is 0.242 e. The van der Waals surface area contributed by atoms with Gasteiger partial charge >= 0.3 is 0 Å². The van der Waals surface area contributed by atoms with E-state index < -0.39 is 5.54 Å². The monoisotopic (exact) mass is 326 g/mol. The second kappa shape index (κ2) is 5.92. The van der Waals surface area contributed by atoms with Crippen LogP contribution in [-0.2, 0) is 4.79 Å². The fourth-order valence-electron chi connectivity index (χ4n) is 2.12. The van der Waals surface area contributed by atoms with Gasteiger partial charge in [0.15, 0.2) is 0 Å². The van der Waals surface area contributed by atoms with Crippen LogP contribution in [0, 0.1) is 0 Å². The van der Waals surface area contributed by atoms with Crippen molar-refractivity contribution < 1.29 is 9.53 Å². The van der Waals surface area contributed by atoms with E-state index >= 15 is 0 Å². The number of hydrogen-bond donors (Lipinski definition) is 1. The van der Waals surface area contributed by atoms with Crippen LogP contribution < -0.4 is 10.1 Å². The minimum absolute atomic E-state index is 0.136. The maximum atomic E-state index is 12.1. The minimum Gasteiger partial charge on any atom is -0.492 e. The predicted molar refractivity (Wildman–Crippen MR) is 78.3 cm³/mol. The molecule has 1 aromatic rings. The zero-order chi connectivity index (χ0) is 13.9.